The van der Waals surface area contributed by atoms with Crippen LogP contribution in [0.25, 0.3) is 0 Å². The lowest BCUT2D eigenvalue weighted by molar-refractivity contribution is 0.102. The first kappa shape index (κ1) is 11.5. The van der Waals surface area contributed by atoms with Gasteiger partial charge in [-0.15, -0.1) is 0 Å². The summed E-state index contributed by atoms with van der Waals surface area (Å²) in [7, 11) is 0. The van der Waals surface area contributed by atoms with E-state index < -0.39 is 17.7 Å². The SMILES string of the molecule is Cc1cc(F)c(C(O)C(C)C2CC2)cc1F. The van der Waals surface area contributed by atoms with E-state index in [1.807, 2.05) is 6.92 Å². The summed E-state index contributed by atoms with van der Waals surface area (Å²) in [5, 5.41) is 9.99. The minimum absolute atomic E-state index is 0.00314. The summed E-state index contributed by atoms with van der Waals surface area (Å²) in [6.07, 6.45) is 1.25. The van der Waals surface area contributed by atoms with Crippen molar-refractivity contribution in [3.05, 3.63) is 34.9 Å². The maximum absolute atomic E-state index is 13.6. The van der Waals surface area contributed by atoms with E-state index in [0.717, 1.165) is 25.0 Å². The Morgan fingerprint density at radius 3 is 2.44 bits per heavy atom. The zero-order valence-electron chi connectivity index (χ0n) is 9.50. The Bertz CT molecular complexity index is 399. The molecule has 1 saturated carbocycles. The lowest BCUT2D eigenvalue weighted by Gasteiger charge is -2.19. The second kappa shape index (κ2) is 4.13. The summed E-state index contributed by atoms with van der Waals surface area (Å²) >= 11 is 0. The number of aliphatic hydroxyl groups excluding tert-OH is 1. The molecule has 2 unspecified atom stereocenters. The lowest BCUT2D eigenvalue weighted by atomic mass is 9.92. The molecule has 0 amide bonds. The number of benzene rings is 1. The number of rotatable bonds is 3. The van der Waals surface area contributed by atoms with Gasteiger partial charge in [0.25, 0.3) is 0 Å². The Labute approximate surface area is 94.1 Å². The molecule has 1 aliphatic rings. The number of halogens is 2. The van der Waals surface area contributed by atoms with E-state index >= 15 is 0 Å². The fourth-order valence-corrected chi connectivity index (χ4v) is 2.05. The van der Waals surface area contributed by atoms with Crippen LogP contribution in [0.4, 0.5) is 8.78 Å². The molecule has 16 heavy (non-hydrogen) atoms. The summed E-state index contributed by atoms with van der Waals surface area (Å²) in [6, 6.07) is 2.27. The van der Waals surface area contributed by atoms with Crippen LogP contribution in [0, 0.1) is 30.4 Å². The first-order valence-electron chi connectivity index (χ1n) is 5.64. The van der Waals surface area contributed by atoms with Crippen LogP contribution in [0.2, 0.25) is 0 Å². The van der Waals surface area contributed by atoms with E-state index in [1.54, 1.807) is 0 Å². The molecule has 0 radical (unpaired) electrons. The Balaban J connectivity index is 2.28. The molecular formula is C13H16F2O. The van der Waals surface area contributed by atoms with Crippen LogP contribution in [-0.4, -0.2) is 5.11 Å². The van der Waals surface area contributed by atoms with Crippen LogP contribution < -0.4 is 0 Å². The normalized spacial score (nSPS) is 19.6. The third kappa shape index (κ3) is 2.09. The quantitative estimate of drug-likeness (QED) is 0.838. The molecule has 1 nitrogen and oxygen atoms in total. The van der Waals surface area contributed by atoms with Crippen LogP contribution >= 0.6 is 0 Å². The van der Waals surface area contributed by atoms with Crippen LogP contribution in [0.15, 0.2) is 12.1 Å². The lowest BCUT2D eigenvalue weighted by Crippen LogP contribution is -2.13. The van der Waals surface area contributed by atoms with Crippen LogP contribution in [0.5, 0.6) is 0 Å². The van der Waals surface area contributed by atoms with Crippen molar-refractivity contribution >= 4 is 0 Å². The first-order valence-corrected chi connectivity index (χ1v) is 5.64. The van der Waals surface area contributed by atoms with E-state index in [1.165, 1.54) is 6.92 Å². The van der Waals surface area contributed by atoms with E-state index in [9.17, 15) is 13.9 Å². The summed E-state index contributed by atoms with van der Waals surface area (Å²) in [5.41, 5.74) is 0.357. The number of aryl methyl sites for hydroxylation is 1. The van der Waals surface area contributed by atoms with Gasteiger partial charge in [0.1, 0.15) is 11.6 Å². The zero-order valence-corrected chi connectivity index (χ0v) is 9.50. The standard InChI is InChI=1S/C13H16F2O/c1-7-5-12(15)10(6-11(7)14)13(16)8(2)9-3-4-9/h5-6,8-9,13,16H,3-4H2,1-2H3. The average Bonchev–Trinajstić information content (AvgIpc) is 3.05. The van der Waals surface area contributed by atoms with E-state index in [4.69, 9.17) is 0 Å². The second-order valence-corrected chi connectivity index (χ2v) is 4.76. The summed E-state index contributed by atoms with van der Waals surface area (Å²) in [4.78, 5) is 0. The third-order valence-corrected chi connectivity index (χ3v) is 3.46. The van der Waals surface area contributed by atoms with Crippen molar-refractivity contribution < 1.29 is 13.9 Å². The first-order chi connectivity index (χ1) is 7.50. The van der Waals surface area contributed by atoms with Crippen molar-refractivity contribution in [3.63, 3.8) is 0 Å². The topological polar surface area (TPSA) is 20.2 Å². The predicted molar refractivity (Wildman–Crippen MR) is 57.9 cm³/mol. The molecule has 1 aromatic carbocycles. The largest absolute Gasteiger partial charge is 0.388 e. The molecule has 0 saturated heterocycles. The Morgan fingerprint density at radius 1 is 1.25 bits per heavy atom. The van der Waals surface area contributed by atoms with Crippen molar-refractivity contribution in [1.82, 2.24) is 0 Å². The van der Waals surface area contributed by atoms with Gasteiger partial charge in [-0.2, -0.15) is 0 Å². The van der Waals surface area contributed by atoms with Gasteiger partial charge in [0, 0.05) is 5.56 Å². The molecule has 3 heteroatoms. The highest BCUT2D eigenvalue weighted by Crippen LogP contribution is 2.43. The fourth-order valence-electron chi connectivity index (χ4n) is 2.05. The summed E-state index contributed by atoms with van der Waals surface area (Å²) in [5.74, 6) is -0.521. The summed E-state index contributed by atoms with van der Waals surface area (Å²) < 4.78 is 26.9. The van der Waals surface area contributed by atoms with Gasteiger partial charge in [0.15, 0.2) is 0 Å². The average molecular weight is 226 g/mol. The minimum atomic E-state index is -0.900. The molecule has 2 atom stereocenters. The van der Waals surface area contributed by atoms with Gasteiger partial charge in [-0.05, 0) is 49.3 Å². The molecule has 88 valence electrons. The van der Waals surface area contributed by atoms with Crippen LogP contribution in [0.1, 0.15) is 37.0 Å². The van der Waals surface area contributed by atoms with Gasteiger partial charge in [0.2, 0.25) is 0 Å². The highest BCUT2D eigenvalue weighted by atomic mass is 19.1. The highest BCUT2D eigenvalue weighted by molar-refractivity contribution is 5.27. The summed E-state index contributed by atoms with van der Waals surface area (Å²) in [6.45, 7) is 3.40. The maximum Gasteiger partial charge on any atom is 0.129 e. The predicted octanol–water partition coefficient (Wildman–Crippen LogP) is 3.35. The molecule has 1 aliphatic carbocycles. The van der Waals surface area contributed by atoms with Crippen molar-refractivity contribution in [1.29, 1.82) is 0 Å². The van der Waals surface area contributed by atoms with Crippen molar-refractivity contribution in [2.24, 2.45) is 11.8 Å². The van der Waals surface area contributed by atoms with E-state index in [0.29, 0.717) is 5.92 Å². The molecule has 1 N–H and O–H groups in total. The molecule has 1 aromatic rings. The van der Waals surface area contributed by atoms with Crippen molar-refractivity contribution in [3.8, 4) is 0 Å². The van der Waals surface area contributed by atoms with Gasteiger partial charge in [0.05, 0.1) is 6.10 Å². The molecule has 0 bridgehead atoms. The van der Waals surface area contributed by atoms with E-state index in [2.05, 4.69) is 0 Å². The minimum Gasteiger partial charge on any atom is -0.388 e. The number of hydrogen-bond acceptors (Lipinski definition) is 1. The third-order valence-electron chi connectivity index (χ3n) is 3.46. The van der Waals surface area contributed by atoms with Gasteiger partial charge < -0.3 is 5.11 Å². The molecule has 0 heterocycles. The van der Waals surface area contributed by atoms with Crippen molar-refractivity contribution in [2.75, 3.05) is 0 Å². The number of hydrogen-bond donors (Lipinski definition) is 1. The zero-order chi connectivity index (χ0) is 11.9. The van der Waals surface area contributed by atoms with Crippen LogP contribution in [-0.2, 0) is 0 Å². The van der Waals surface area contributed by atoms with Gasteiger partial charge in [-0.1, -0.05) is 6.92 Å². The molecule has 0 aliphatic heterocycles. The maximum atomic E-state index is 13.6. The van der Waals surface area contributed by atoms with Gasteiger partial charge in [-0.3, -0.25) is 0 Å². The van der Waals surface area contributed by atoms with E-state index in [-0.39, 0.29) is 17.0 Å². The smallest absolute Gasteiger partial charge is 0.129 e. The van der Waals surface area contributed by atoms with Gasteiger partial charge in [-0.25, -0.2) is 8.78 Å². The highest BCUT2D eigenvalue weighted by Gasteiger charge is 2.34. The van der Waals surface area contributed by atoms with Gasteiger partial charge >= 0.3 is 0 Å². The Kier molecular flexibility index (Phi) is 2.98. The Hall–Kier alpha value is -0.960. The van der Waals surface area contributed by atoms with Crippen molar-refractivity contribution in [2.45, 2.75) is 32.8 Å². The molecular weight excluding hydrogens is 210 g/mol. The monoisotopic (exact) mass is 226 g/mol. The fraction of sp³-hybridized carbons (Fsp3) is 0.538. The molecule has 0 aromatic heterocycles. The molecule has 2 rings (SSSR count). The Morgan fingerprint density at radius 2 is 1.88 bits per heavy atom. The molecule has 0 spiro atoms. The van der Waals surface area contributed by atoms with Crippen LogP contribution in [0.3, 0.4) is 0 Å². The number of aliphatic hydroxyl groups is 1. The molecule has 1 fully saturated rings. The second-order valence-electron chi connectivity index (χ2n) is 4.76.